The van der Waals surface area contributed by atoms with Gasteiger partial charge in [0, 0.05) is 12.3 Å². The van der Waals surface area contributed by atoms with Crippen LogP contribution in [0, 0.1) is 0 Å². The molecule has 0 aromatic heterocycles. The van der Waals surface area contributed by atoms with E-state index in [0.717, 1.165) is 13.1 Å². The second-order valence-corrected chi connectivity index (χ2v) is 4.24. The Kier molecular flexibility index (Phi) is 1.49. The minimum absolute atomic E-state index is 0.300. The monoisotopic (exact) mass is 156 g/mol. The molecule has 10 heavy (non-hydrogen) atoms. The summed E-state index contributed by atoms with van der Waals surface area (Å²) in [7, 11) is 0. The lowest BCUT2D eigenvalue weighted by molar-refractivity contribution is 0.541. The van der Waals surface area contributed by atoms with Gasteiger partial charge >= 0.3 is 0 Å². The maximum atomic E-state index is 4.64. The molecule has 56 valence electrons. The average molecular weight is 156 g/mol. The number of hydrogen-bond acceptors (Lipinski definition) is 3. The predicted octanol–water partition coefficient (Wildman–Crippen LogP) is 0.884. The van der Waals surface area contributed by atoms with Crippen LogP contribution in [0.15, 0.2) is 4.99 Å². The highest BCUT2D eigenvalue weighted by Gasteiger charge is 2.36. The Bertz CT molecular complexity index is 170. The van der Waals surface area contributed by atoms with E-state index in [1.807, 2.05) is 11.8 Å². The number of thioether (sulfide) groups is 1. The molecule has 2 nitrogen and oxygen atoms in total. The third-order valence-corrected chi connectivity index (χ3v) is 3.36. The van der Waals surface area contributed by atoms with Crippen LogP contribution in [0.2, 0.25) is 0 Å². The first-order valence-corrected chi connectivity index (χ1v) is 4.69. The van der Waals surface area contributed by atoms with Gasteiger partial charge in [0.1, 0.15) is 0 Å². The summed E-state index contributed by atoms with van der Waals surface area (Å²) in [6.07, 6.45) is 1.23. The molecule has 1 N–H and O–H groups in total. The van der Waals surface area contributed by atoms with Crippen molar-refractivity contribution in [2.75, 3.05) is 18.8 Å². The third kappa shape index (κ3) is 0.974. The van der Waals surface area contributed by atoms with E-state index in [1.165, 1.54) is 17.2 Å². The lowest BCUT2D eigenvalue weighted by atomic mass is 10.0. The Morgan fingerprint density at radius 1 is 1.70 bits per heavy atom. The summed E-state index contributed by atoms with van der Waals surface area (Å²) in [6, 6.07) is 0. The van der Waals surface area contributed by atoms with Crippen LogP contribution in [0.25, 0.3) is 0 Å². The van der Waals surface area contributed by atoms with Gasteiger partial charge in [0.25, 0.3) is 0 Å². The second kappa shape index (κ2) is 2.24. The molecule has 0 saturated carbocycles. The largest absolute Gasteiger partial charge is 0.314 e. The molecule has 1 atom stereocenters. The van der Waals surface area contributed by atoms with E-state index in [2.05, 4.69) is 17.2 Å². The Morgan fingerprint density at radius 3 is 3.10 bits per heavy atom. The molecule has 2 heterocycles. The quantitative estimate of drug-likeness (QED) is 0.563. The summed E-state index contributed by atoms with van der Waals surface area (Å²) < 4.78 is 0. The highest BCUT2D eigenvalue weighted by molar-refractivity contribution is 8.14. The van der Waals surface area contributed by atoms with Crippen molar-refractivity contribution >= 4 is 16.8 Å². The van der Waals surface area contributed by atoms with Gasteiger partial charge in [0.2, 0.25) is 0 Å². The first-order chi connectivity index (χ1) is 4.81. The molecule has 0 radical (unpaired) electrons. The maximum Gasteiger partial charge on any atom is 0.0847 e. The molecule has 1 saturated heterocycles. The zero-order valence-electron chi connectivity index (χ0n) is 6.18. The SMILES string of the molecule is CC1=NC2(CCNC2)CS1. The lowest BCUT2D eigenvalue weighted by Gasteiger charge is -2.15. The van der Waals surface area contributed by atoms with Crippen LogP contribution in [0.3, 0.4) is 0 Å². The van der Waals surface area contributed by atoms with E-state index >= 15 is 0 Å². The first kappa shape index (κ1) is 6.68. The minimum atomic E-state index is 0.300. The normalized spacial score (nSPS) is 39.1. The summed E-state index contributed by atoms with van der Waals surface area (Å²) in [5.74, 6) is 1.20. The molecule has 0 amide bonds. The highest BCUT2D eigenvalue weighted by Crippen LogP contribution is 2.32. The number of nitrogens with one attached hydrogen (secondary N) is 1. The highest BCUT2D eigenvalue weighted by atomic mass is 32.2. The fraction of sp³-hybridized carbons (Fsp3) is 0.857. The predicted molar refractivity (Wildman–Crippen MR) is 45.8 cm³/mol. The van der Waals surface area contributed by atoms with Gasteiger partial charge in [-0.25, -0.2) is 0 Å². The van der Waals surface area contributed by atoms with Crippen LogP contribution >= 0.6 is 11.8 Å². The molecule has 0 aromatic carbocycles. The van der Waals surface area contributed by atoms with Crippen LogP contribution in [0.4, 0.5) is 0 Å². The second-order valence-electron chi connectivity index (χ2n) is 3.07. The van der Waals surface area contributed by atoms with Crippen molar-refractivity contribution in [2.45, 2.75) is 18.9 Å². The minimum Gasteiger partial charge on any atom is -0.314 e. The molecule has 2 aliphatic rings. The van der Waals surface area contributed by atoms with E-state index in [9.17, 15) is 0 Å². The fourth-order valence-electron chi connectivity index (χ4n) is 1.59. The van der Waals surface area contributed by atoms with Gasteiger partial charge in [-0.1, -0.05) is 0 Å². The van der Waals surface area contributed by atoms with E-state index in [0.29, 0.717) is 5.54 Å². The lowest BCUT2D eigenvalue weighted by Crippen LogP contribution is -2.29. The molecular weight excluding hydrogens is 144 g/mol. The van der Waals surface area contributed by atoms with Crippen molar-refractivity contribution in [3.8, 4) is 0 Å². The Morgan fingerprint density at radius 2 is 2.60 bits per heavy atom. The molecule has 0 aliphatic carbocycles. The smallest absolute Gasteiger partial charge is 0.0847 e. The van der Waals surface area contributed by atoms with E-state index in [-0.39, 0.29) is 0 Å². The number of rotatable bonds is 0. The molecule has 1 spiro atoms. The molecule has 0 aromatic rings. The van der Waals surface area contributed by atoms with Crippen molar-refractivity contribution in [1.29, 1.82) is 0 Å². The van der Waals surface area contributed by atoms with Crippen LogP contribution in [0.1, 0.15) is 13.3 Å². The van der Waals surface area contributed by atoms with Crippen molar-refractivity contribution in [2.24, 2.45) is 4.99 Å². The molecular formula is C7H12N2S. The van der Waals surface area contributed by atoms with Gasteiger partial charge in [-0.05, 0) is 19.9 Å². The van der Waals surface area contributed by atoms with E-state index < -0.39 is 0 Å². The fourth-order valence-corrected chi connectivity index (χ4v) is 2.63. The van der Waals surface area contributed by atoms with Crippen LogP contribution in [-0.2, 0) is 0 Å². The summed E-state index contributed by atoms with van der Waals surface area (Å²) >= 11 is 1.90. The number of hydrogen-bond donors (Lipinski definition) is 1. The van der Waals surface area contributed by atoms with Gasteiger partial charge in [-0.3, -0.25) is 4.99 Å². The van der Waals surface area contributed by atoms with Crippen LogP contribution < -0.4 is 5.32 Å². The Balaban J connectivity index is 2.16. The van der Waals surface area contributed by atoms with Crippen molar-refractivity contribution in [3.63, 3.8) is 0 Å². The molecule has 2 aliphatic heterocycles. The summed E-state index contributed by atoms with van der Waals surface area (Å²) in [5, 5.41) is 4.62. The van der Waals surface area contributed by atoms with Crippen molar-refractivity contribution in [1.82, 2.24) is 5.32 Å². The van der Waals surface area contributed by atoms with E-state index in [4.69, 9.17) is 0 Å². The Labute approximate surface area is 65.5 Å². The molecule has 1 unspecified atom stereocenters. The van der Waals surface area contributed by atoms with Crippen LogP contribution in [-0.4, -0.2) is 29.4 Å². The summed E-state index contributed by atoms with van der Waals surface area (Å²) in [6.45, 7) is 4.35. The van der Waals surface area contributed by atoms with Gasteiger partial charge in [-0.2, -0.15) is 0 Å². The molecule has 1 fully saturated rings. The number of nitrogens with zero attached hydrogens (tertiary/aromatic N) is 1. The van der Waals surface area contributed by atoms with Crippen molar-refractivity contribution < 1.29 is 0 Å². The van der Waals surface area contributed by atoms with Gasteiger partial charge < -0.3 is 5.32 Å². The summed E-state index contributed by atoms with van der Waals surface area (Å²) in [4.78, 5) is 4.64. The Hall–Kier alpha value is -0.0200. The standard InChI is InChI=1S/C7H12N2S/c1-6-9-7(5-10-6)2-3-8-4-7/h8H,2-5H2,1H3. The third-order valence-electron chi connectivity index (χ3n) is 2.17. The number of aliphatic imine (C=N–C) groups is 1. The topological polar surface area (TPSA) is 24.4 Å². The van der Waals surface area contributed by atoms with Gasteiger partial charge in [0.15, 0.2) is 0 Å². The maximum absolute atomic E-state index is 4.64. The molecule has 0 bridgehead atoms. The zero-order chi connectivity index (χ0) is 7.03. The molecule has 2 rings (SSSR count). The zero-order valence-corrected chi connectivity index (χ0v) is 7.00. The average Bonchev–Trinajstić information content (AvgIpc) is 2.46. The first-order valence-electron chi connectivity index (χ1n) is 3.71. The van der Waals surface area contributed by atoms with Crippen LogP contribution in [0.5, 0.6) is 0 Å². The van der Waals surface area contributed by atoms with Gasteiger partial charge in [-0.15, -0.1) is 11.8 Å². The van der Waals surface area contributed by atoms with E-state index in [1.54, 1.807) is 0 Å². The molecule has 3 heteroatoms. The summed E-state index contributed by atoms with van der Waals surface area (Å²) in [5.41, 5.74) is 0.300. The van der Waals surface area contributed by atoms with Gasteiger partial charge in [0.05, 0.1) is 10.6 Å². The van der Waals surface area contributed by atoms with Crippen molar-refractivity contribution in [3.05, 3.63) is 0 Å².